The minimum absolute atomic E-state index is 0.564. The predicted octanol–water partition coefficient (Wildman–Crippen LogP) is 5.47. The van der Waals surface area contributed by atoms with Crippen LogP contribution < -0.4 is 4.74 Å². The van der Waals surface area contributed by atoms with E-state index in [4.69, 9.17) is 16.3 Å². The molecule has 0 aliphatic heterocycles. The summed E-state index contributed by atoms with van der Waals surface area (Å²) in [6.45, 7) is 1.99. The fourth-order valence-corrected chi connectivity index (χ4v) is 2.42. The number of benzene rings is 3. The van der Waals surface area contributed by atoms with Crippen LogP contribution in [-0.2, 0) is 0 Å². The van der Waals surface area contributed by atoms with Crippen LogP contribution in [0, 0.1) is 18.3 Å². The molecule has 0 aliphatic rings. The first kappa shape index (κ1) is 13.5. The van der Waals surface area contributed by atoms with E-state index in [-0.39, 0.29) is 0 Å². The van der Waals surface area contributed by atoms with Crippen LogP contribution in [0.3, 0.4) is 0 Å². The highest BCUT2D eigenvalue weighted by atomic mass is 35.5. The second kappa shape index (κ2) is 5.47. The van der Waals surface area contributed by atoms with Crippen LogP contribution >= 0.6 is 11.6 Å². The monoisotopic (exact) mass is 293 g/mol. The van der Waals surface area contributed by atoms with Gasteiger partial charge in [-0.25, -0.2) is 0 Å². The molecule has 0 saturated heterocycles. The molecule has 0 N–H and O–H groups in total. The van der Waals surface area contributed by atoms with Crippen molar-refractivity contribution in [3.8, 4) is 17.6 Å². The zero-order valence-electron chi connectivity index (χ0n) is 11.4. The van der Waals surface area contributed by atoms with Crippen molar-refractivity contribution < 1.29 is 4.74 Å². The predicted molar refractivity (Wildman–Crippen MR) is 84.9 cm³/mol. The SMILES string of the molecule is Cc1ccc(Cl)c(Oc2ccc(C#N)c3ccccc23)c1. The summed E-state index contributed by atoms with van der Waals surface area (Å²) in [5, 5.41) is 11.5. The first-order chi connectivity index (χ1) is 10.2. The molecule has 0 fully saturated rings. The molecule has 3 aromatic carbocycles. The Hall–Kier alpha value is -2.50. The molecule has 0 heterocycles. The Morgan fingerprint density at radius 1 is 0.952 bits per heavy atom. The highest BCUT2D eigenvalue weighted by Gasteiger charge is 2.09. The number of rotatable bonds is 2. The molecule has 0 aromatic heterocycles. The van der Waals surface area contributed by atoms with Gasteiger partial charge in [-0.1, -0.05) is 41.9 Å². The standard InChI is InChI=1S/C18H12ClNO/c1-12-6-8-16(19)18(10-12)21-17-9-7-13(11-20)14-4-2-3-5-15(14)17/h2-10H,1H3. The van der Waals surface area contributed by atoms with E-state index < -0.39 is 0 Å². The van der Waals surface area contributed by atoms with Gasteiger partial charge in [-0.2, -0.15) is 5.26 Å². The number of halogens is 1. The summed E-state index contributed by atoms with van der Waals surface area (Å²) in [6, 6.07) is 19.1. The topological polar surface area (TPSA) is 33.0 Å². The average molecular weight is 294 g/mol. The number of fused-ring (bicyclic) bond motifs is 1. The van der Waals surface area contributed by atoms with Crippen LogP contribution in [-0.4, -0.2) is 0 Å². The number of nitriles is 1. The minimum atomic E-state index is 0.564. The largest absolute Gasteiger partial charge is 0.455 e. The summed E-state index contributed by atoms with van der Waals surface area (Å²) in [4.78, 5) is 0. The lowest BCUT2D eigenvalue weighted by atomic mass is 10.0. The van der Waals surface area contributed by atoms with E-state index in [1.54, 1.807) is 12.1 Å². The van der Waals surface area contributed by atoms with E-state index in [2.05, 4.69) is 6.07 Å². The lowest BCUT2D eigenvalue weighted by molar-refractivity contribution is 0.488. The Labute approximate surface area is 128 Å². The van der Waals surface area contributed by atoms with Gasteiger partial charge in [0, 0.05) is 10.8 Å². The van der Waals surface area contributed by atoms with Crippen molar-refractivity contribution in [3.05, 3.63) is 70.7 Å². The molecule has 0 unspecified atom stereocenters. The molecule has 0 atom stereocenters. The zero-order valence-corrected chi connectivity index (χ0v) is 12.2. The Kier molecular flexibility index (Phi) is 3.51. The van der Waals surface area contributed by atoms with Gasteiger partial charge >= 0.3 is 0 Å². The maximum absolute atomic E-state index is 9.18. The van der Waals surface area contributed by atoms with E-state index in [1.165, 1.54) is 0 Å². The lowest BCUT2D eigenvalue weighted by Gasteiger charge is -2.11. The first-order valence-corrected chi connectivity index (χ1v) is 6.92. The van der Waals surface area contributed by atoms with E-state index in [9.17, 15) is 5.26 Å². The van der Waals surface area contributed by atoms with Gasteiger partial charge in [0.2, 0.25) is 0 Å². The Balaban J connectivity index is 2.14. The summed E-state index contributed by atoms with van der Waals surface area (Å²) in [5.41, 5.74) is 1.71. The number of ether oxygens (including phenoxy) is 1. The van der Waals surface area contributed by atoms with Gasteiger partial charge in [0.25, 0.3) is 0 Å². The smallest absolute Gasteiger partial charge is 0.146 e. The molecule has 3 rings (SSSR count). The summed E-state index contributed by atoms with van der Waals surface area (Å²) >= 11 is 6.18. The van der Waals surface area contributed by atoms with Gasteiger partial charge in [0.1, 0.15) is 11.5 Å². The van der Waals surface area contributed by atoms with E-state index in [1.807, 2.05) is 49.4 Å². The molecule has 0 spiro atoms. The molecule has 0 saturated carbocycles. The lowest BCUT2D eigenvalue weighted by Crippen LogP contribution is -1.89. The highest BCUT2D eigenvalue weighted by Crippen LogP contribution is 2.35. The van der Waals surface area contributed by atoms with Gasteiger partial charge in [-0.3, -0.25) is 0 Å². The van der Waals surface area contributed by atoms with E-state index in [0.717, 1.165) is 16.3 Å². The van der Waals surface area contributed by atoms with Crippen LogP contribution in [0.5, 0.6) is 11.5 Å². The molecule has 3 aromatic rings. The molecule has 0 bridgehead atoms. The van der Waals surface area contributed by atoms with Crippen molar-refractivity contribution in [2.75, 3.05) is 0 Å². The fraction of sp³-hybridized carbons (Fsp3) is 0.0556. The second-order valence-corrected chi connectivity index (χ2v) is 5.21. The van der Waals surface area contributed by atoms with Crippen molar-refractivity contribution >= 4 is 22.4 Å². The molecule has 102 valence electrons. The van der Waals surface area contributed by atoms with Crippen LogP contribution in [0.15, 0.2) is 54.6 Å². The molecular weight excluding hydrogens is 282 g/mol. The van der Waals surface area contributed by atoms with Gasteiger partial charge in [0.15, 0.2) is 0 Å². The van der Waals surface area contributed by atoms with E-state index in [0.29, 0.717) is 22.1 Å². The van der Waals surface area contributed by atoms with Crippen LogP contribution in [0.1, 0.15) is 11.1 Å². The minimum Gasteiger partial charge on any atom is -0.455 e. The van der Waals surface area contributed by atoms with Gasteiger partial charge in [-0.15, -0.1) is 0 Å². The fourth-order valence-electron chi connectivity index (χ4n) is 2.27. The number of aryl methyl sites for hydroxylation is 1. The molecule has 0 radical (unpaired) electrons. The van der Waals surface area contributed by atoms with E-state index >= 15 is 0 Å². The number of nitrogens with zero attached hydrogens (tertiary/aromatic N) is 1. The second-order valence-electron chi connectivity index (χ2n) is 4.80. The normalized spacial score (nSPS) is 10.3. The van der Waals surface area contributed by atoms with Crippen molar-refractivity contribution in [3.63, 3.8) is 0 Å². The first-order valence-electron chi connectivity index (χ1n) is 6.55. The highest BCUT2D eigenvalue weighted by molar-refractivity contribution is 6.32. The Morgan fingerprint density at radius 2 is 1.71 bits per heavy atom. The summed E-state index contributed by atoms with van der Waals surface area (Å²) < 4.78 is 5.96. The molecule has 0 amide bonds. The van der Waals surface area contributed by atoms with Crippen molar-refractivity contribution in [1.29, 1.82) is 5.26 Å². The molecule has 2 nitrogen and oxygen atoms in total. The third kappa shape index (κ3) is 2.56. The third-order valence-corrected chi connectivity index (χ3v) is 3.62. The summed E-state index contributed by atoms with van der Waals surface area (Å²) in [6.07, 6.45) is 0. The number of hydrogen-bond donors (Lipinski definition) is 0. The van der Waals surface area contributed by atoms with Crippen molar-refractivity contribution in [2.24, 2.45) is 0 Å². The average Bonchev–Trinajstić information content (AvgIpc) is 2.51. The molecule has 3 heteroatoms. The van der Waals surface area contributed by atoms with Crippen LogP contribution in [0.4, 0.5) is 0 Å². The van der Waals surface area contributed by atoms with Gasteiger partial charge < -0.3 is 4.74 Å². The Bertz CT molecular complexity index is 865. The maximum atomic E-state index is 9.18. The van der Waals surface area contributed by atoms with Crippen molar-refractivity contribution in [1.82, 2.24) is 0 Å². The van der Waals surface area contributed by atoms with Gasteiger partial charge in [0.05, 0.1) is 16.7 Å². The zero-order chi connectivity index (χ0) is 14.8. The number of hydrogen-bond acceptors (Lipinski definition) is 2. The Morgan fingerprint density at radius 3 is 2.48 bits per heavy atom. The van der Waals surface area contributed by atoms with Crippen LogP contribution in [0.25, 0.3) is 10.8 Å². The molecule has 21 heavy (non-hydrogen) atoms. The summed E-state index contributed by atoms with van der Waals surface area (Å²) in [7, 11) is 0. The van der Waals surface area contributed by atoms with Crippen molar-refractivity contribution in [2.45, 2.75) is 6.92 Å². The quantitative estimate of drug-likeness (QED) is 0.628. The van der Waals surface area contributed by atoms with Gasteiger partial charge in [-0.05, 0) is 36.8 Å². The van der Waals surface area contributed by atoms with Crippen LogP contribution in [0.2, 0.25) is 5.02 Å². The third-order valence-electron chi connectivity index (χ3n) is 3.31. The molecular formula is C18H12ClNO. The maximum Gasteiger partial charge on any atom is 0.146 e. The summed E-state index contributed by atoms with van der Waals surface area (Å²) in [5.74, 6) is 1.31. The molecule has 0 aliphatic carbocycles.